The van der Waals surface area contributed by atoms with Gasteiger partial charge in [0.05, 0.1) is 18.2 Å². The molecule has 0 saturated carbocycles. The maximum atomic E-state index is 13.2. The molecule has 3 nitrogen and oxygen atoms in total. The second-order valence-electron chi connectivity index (χ2n) is 5.54. The lowest BCUT2D eigenvalue weighted by atomic mass is 10.0. The van der Waals surface area contributed by atoms with Crippen LogP contribution in [0.25, 0.3) is 0 Å². The first-order valence-electron chi connectivity index (χ1n) is 7.52. The summed E-state index contributed by atoms with van der Waals surface area (Å²) in [6.45, 7) is 4.23. The Hall–Kier alpha value is -1.75. The Morgan fingerprint density at radius 2 is 1.74 bits per heavy atom. The van der Waals surface area contributed by atoms with E-state index in [1.54, 1.807) is 12.1 Å². The van der Waals surface area contributed by atoms with Crippen LogP contribution in [0.2, 0.25) is 5.02 Å². The molecule has 0 amide bonds. The molecule has 0 atom stereocenters. The van der Waals surface area contributed by atoms with Crippen molar-refractivity contribution < 1.29 is 13.9 Å². The predicted octanol–water partition coefficient (Wildman–Crippen LogP) is 3.54. The van der Waals surface area contributed by atoms with Crippen molar-refractivity contribution in [3.8, 4) is 0 Å². The lowest BCUT2D eigenvalue weighted by molar-refractivity contribution is 0.0342. The van der Waals surface area contributed by atoms with Crippen molar-refractivity contribution in [2.24, 2.45) is 0 Å². The number of hydrogen-bond acceptors (Lipinski definition) is 3. The van der Waals surface area contributed by atoms with Gasteiger partial charge in [0.2, 0.25) is 0 Å². The third-order valence-electron chi connectivity index (χ3n) is 3.91. The molecule has 0 bridgehead atoms. The molecule has 1 heterocycles. The van der Waals surface area contributed by atoms with Crippen LogP contribution in [0.1, 0.15) is 21.5 Å². The highest BCUT2D eigenvalue weighted by atomic mass is 35.5. The molecule has 0 aliphatic carbocycles. The van der Waals surface area contributed by atoms with Gasteiger partial charge < -0.3 is 4.74 Å². The lowest BCUT2D eigenvalue weighted by Gasteiger charge is -2.26. The molecule has 2 aromatic carbocycles. The Balaban J connectivity index is 1.70. The number of nitrogens with zero attached hydrogens (tertiary/aromatic N) is 1. The fourth-order valence-electron chi connectivity index (χ4n) is 2.58. The number of rotatable bonds is 4. The van der Waals surface area contributed by atoms with Gasteiger partial charge >= 0.3 is 0 Å². The van der Waals surface area contributed by atoms with E-state index < -0.39 is 5.82 Å². The van der Waals surface area contributed by atoms with Gasteiger partial charge in [-0.25, -0.2) is 4.39 Å². The zero-order valence-corrected chi connectivity index (χ0v) is 13.4. The SMILES string of the molecule is O=C(c1ccc(CN2CCOCC2)cc1)c1ccc(F)c(Cl)c1. The predicted molar refractivity (Wildman–Crippen MR) is 87.4 cm³/mol. The highest BCUT2D eigenvalue weighted by molar-refractivity contribution is 6.31. The molecule has 1 saturated heterocycles. The zero-order valence-electron chi connectivity index (χ0n) is 12.6. The Kier molecular flexibility index (Phi) is 5.06. The number of ether oxygens (including phenoxy) is 1. The van der Waals surface area contributed by atoms with E-state index in [9.17, 15) is 9.18 Å². The van der Waals surface area contributed by atoms with E-state index in [2.05, 4.69) is 4.90 Å². The van der Waals surface area contributed by atoms with Crippen molar-refractivity contribution in [3.63, 3.8) is 0 Å². The monoisotopic (exact) mass is 333 g/mol. The molecule has 0 spiro atoms. The molecule has 1 aliphatic rings. The summed E-state index contributed by atoms with van der Waals surface area (Å²) >= 11 is 5.74. The average Bonchev–Trinajstić information content (AvgIpc) is 2.58. The van der Waals surface area contributed by atoms with Gasteiger partial charge in [-0.2, -0.15) is 0 Å². The molecule has 5 heteroatoms. The van der Waals surface area contributed by atoms with Crippen LogP contribution in [0.4, 0.5) is 4.39 Å². The maximum Gasteiger partial charge on any atom is 0.193 e. The smallest absolute Gasteiger partial charge is 0.193 e. The normalized spacial score (nSPS) is 15.6. The van der Waals surface area contributed by atoms with E-state index in [0.29, 0.717) is 11.1 Å². The first-order valence-corrected chi connectivity index (χ1v) is 7.90. The first kappa shape index (κ1) is 16.1. The van der Waals surface area contributed by atoms with Crippen molar-refractivity contribution in [1.82, 2.24) is 4.90 Å². The molecule has 23 heavy (non-hydrogen) atoms. The van der Waals surface area contributed by atoms with Gasteiger partial charge in [0.25, 0.3) is 0 Å². The summed E-state index contributed by atoms with van der Waals surface area (Å²) in [4.78, 5) is 14.7. The van der Waals surface area contributed by atoms with Gasteiger partial charge in [0, 0.05) is 30.8 Å². The van der Waals surface area contributed by atoms with Crippen LogP contribution >= 0.6 is 11.6 Å². The highest BCUT2D eigenvalue weighted by Gasteiger charge is 2.13. The summed E-state index contributed by atoms with van der Waals surface area (Å²) in [6.07, 6.45) is 0. The molecule has 0 N–H and O–H groups in total. The van der Waals surface area contributed by atoms with Gasteiger partial charge in [0.15, 0.2) is 5.78 Å². The Bertz CT molecular complexity index is 697. The summed E-state index contributed by atoms with van der Waals surface area (Å²) in [7, 11) is 0. The Morgan fingerprint density at radius 1 is 1.09 bits per heavy atom. The van der Waals surface area contributed by atoms with Crippen molar-refractivity contribution in [3.05, 3.63) is 70.0 Å². The summed E-state index contributed by atoms with van der Waals surface area (Å²) in [5.74, 6) is -0.686. The topological polar surface area (TPSA) is 29.5 Å². The van der Waals surface area contributed by atoms with Gasteiger partial charge in [-0.05, 0) is 23.8 Å². The quantitative estimate of drug-likeness (QED) is 0.801. The minimum Gasteiger partial charge on any atom is -0.379 e. The molecule has 2 aromatic rings. The van der Waals surface area contributed by atoms with E-state index in [0.717, 1.165) is 38.4 Å². The molecule has 0 aromatic heterocycles. The Morgan fingerprint density at radius 3 is 2.39 bits per heavy atom. The fourth-order valence-corrected chi connectivity index (χ4v) is 2.76. The summed E-state index contributed by atoms with van der Waals surface area (Å²) in [5.41, 5.74) is 2.11. The van der Waals surface area contributed by atoms with Gasteiger partial charge in [0.1, 0.15) is 5.82 Å². The van der Waals surface area contributed by atoms with E-state index >= 15 is 0 Å². The van der Waals surface area contributed by atoms with Crippen LogP contribution in [-0.4, -0.2) is 37.0 Å². The van der Waals surface area contributed by atoms with E-state index in [4.69, 9.17) is 16.3 Å². The zero-order chi connectivity index (χ0) is 16.2. The molecular formula is C18H17ClFNO2. The lowest BCUT2D eigenvalue weighted by Crippen LogP contribution is -2.35. The molecule has 120 valence electrons. The van der Waals surface area contributed by atoms with Gasteiger partial charge in [-0.3, -0.25) is 9.69 Å². The van der Waals surface area contributed by atoms with E-state index in [1.165, 1.54) is 18.2 Å². The second-order valence-corrected chi connectivity index (χ2v) is 5.95. The van der Waals surface area contributed by atoms with Gasteiger partial charge in [-0.15, -0.1) is 0 Å². The number of hydrogen-bond donors (Lipinski definition) is 0. The first-order chi connectivity index (χ1) is 11.1. The van der Waals surface area contributed by atoms with E-state index in [-0.39, 0.29) is 10.8 Å². The number of carbonyl (C=O) groups excluding carboxylic acids is 1. The third kappa shape index (κ3) is 3.96. The summed E-state index contributed by atoms with van der Waals surface area (Å²) < 4.78 is 18.5. The molecule has 0 radical (unpaired) electrons. The van der Waals surface area contributed by atoms with Gasteiger partial charge in [-0.1, -0.05) is 35.9 Å². The van der Waals surface area contributed by atoms with Crippen molar-refractivity contribution in [2.45, 2.75) is 6.54 Å². The van der Waals surface area contributed by atoms with Crippen LogP contribution in [0.15, 0.2) is 42.5 Å². The van der Waals surface area contributed by atoms with Crippen LogP contribution < -0.4 is 0 Å². The maximum absolute atomic E-state index is 13.2. The average molecular weight is 334 g/mol. The fraction of sp³-hybridized carbons (Fsp3) is 0.278. The number of carbonyl (C=O) groups is 1. The number of halogens is 2. The molecule has 1 fully saturated rings. The molecule has 0 unspecified atom stereocenters. The van der Waals surface area contributed by atoms with Crippen molar-refractivity contribution in [2.75, 3.05) is 26.3 Å². The number of ketones is 1. The molecule has 3 rings (SSSR count). The van der Waals surface area contributed by atoms with Crippen LogP contribution in [0.5, 0.6) is 0 Å². The largest absolute Gasteiger partial charge is 0.379 e. The minimum absolute atomic E-state index is 0.0419. The minimum atomic E-state index is -0.524. The highest BCUT2D eigenvalue weighted by Crippen LogP contribution is 2.19. The third-order valence-corrected chi connectivity index (χ3v) is 4.20. The molecule has 1 aliphatic heterocycles. The second kappa shape index (κ2) is 7.21. The van der Waals surface area contributed by atoms with Crippen molar-refractivity contribution >= 4 is 17.4 Å². The van der Waals surface area contributed by atoms with Crippen molar-refractivity contribution in [1.29, 1.82) is 0 Å². The molecular weight excluding hydrogens is 317 g/mol. The van der Waals surface area contributed by atoms with Crippen LogP contribution in [0, 0.1) is 5.82 Å². The van der Waals surface area contributed by atoms with Crippen LogP contribution in [-0.2, 0) is 11.3 Å². The standard InChI is InChI=1S/C18H17ClFNO2/c19-16-11-15(5-6-17(16)20)18(22)14-3-1-13(2-4-14)12-21-7-9-23-10-8-21/h1-6,11H,7-10,12H2. The van der Waals surface area contributed by atoms with E-state index in [1.807, 2.05) is 12.1 Å². The van der Waals surface area contributed by atoms with Crippen LogP contribution in [0.3, 0.4) is 0 Å². The summed E-state index contributed by atoms with van der Waals surface area (Å²) in [6, 6.07) is 11.5. The summed E-state index contributed by atoms with van der Waals surface area (Å²) in [5, 5.41) is -0.0419. The Labute approximate surface area is 139 Å². The number of benzene rings is 2. The number of morpholine rings is 1.